The number of rotatable bonds is 2. The molecule has 0 saturated carbocycles. The van der Waals surface area contributed by atoms with Gasteiger partial charge in [-0.05, 0) is 12.1 Å². The molecular weight excluding hydrogens is 190 g/mol. The number of aromatic hydroxyl groups is 1. The van der Waals surface area contributed by atoms with Crippen LogP contribution >= 0.6 is 11.6 Å². The van der Waals surface area contributed by atoms with Gasteiger partial charge in [0, 0.05) is 13.1 Å². The van der Waals surface area contributed by atoms with Crippen LogP contribution in [0.3, 0.4) is 0 Å². The van der Waals surface area contributed by atoms with E-state index in [0.29, 0.717) is 10.8 Å². The van der Waals surface area contributed by atoms with Crippen LogP contribution in [0.15, 0.2) is 18.2 Å². The molecule has 4 heteroatoms. The summed E-state index contributed by atoms with van der Waals surface area (Å²) in [6.07, 6.45) is 0.130. The van der Waals surface area contributed by atoms with Gasteiger partial charge in [0.15, 0.2) is 11.5 Å². The molecule has 1 heterocycles. The number of hydrogen-bond donors (Lipinski definition) is 2. The van der Waals surface area contributed by atoms with E-state index in [1.54, 1.807) is 18.2 Å². The molecule has 0 bridgehead atoms. The molecular formula is C9H10ClNO2. The quantitative estimate of drug-likeness (QED) is 0.757. The Bertz CT molecular complexity index is 292. The van der Waals surface area contributed by atoms with Gasteiger partial charge >= 0.3 is 0 Å². The van der Waals surface area contributed by atoms with Gasteiger partial charge in [-0.3, -0.25) is 0 Å². The lowest BCUT2D eigenvalue weighted by molar-refractivity contribution is 0.138. The van der Waals surface area contributed by atoms with E-state index in [4.69, 9.17) is 16.3 Å². The first-order chi connectivity index (χ1) is 6.27. The van der Waals surface area contributed by atoms with Crippen molar-refractivity contribution < 1.29 is 9.84 Å². The summed E-state index contributed by atoms with van der Waals surface area (Å²) in [7, 11) is 0. The molecule has 0 unspecified atom stereocenters. The second-order valence-electron chi connectivity index (χ2n) is 2.99. The summed E-state index contributed by atoms with van der Waals surface area (Å²) < 4.78 is 5.47. The molecule has 1 aliphatic heterocycles. The van der Waals surface area contributed by atoms with Crippen molar-refractivity contribution in [3.05, 3.63) is 23.2 Å². The second kappa shape index (κ2) is 3.44. The maximum Gasteiger partial charge on any atom is 0.180 e. The third-order valence-electron chi connectivity index (χ3n) is 1.97. The second-order valence-corrected chi connectivity index (χ2v) is 3.39. The molecule has 0 aliphatic carbocycles. The SMILES string of the molecule is Oc1cccc(Cl)c1OC1CNC1. The van der Waals surface area contributed by atoms with E-state index in [1.165, 1.54) is 0 Å². The molecule has 1 saturated heterocycles. The van der Waals surface area contributed by atoms with Crippen LogP contribution in [0.1, 0.15) is 0 Å². The van der Waals surface area contributed by atoms with Gasteiger partial charge in [-0.15, -0.1) is 0 Å². The molecule has 1 fully saturated rings. The highest BCUT2D eigenvalue weighted by Crippen LogP contribution is 2.34. The van der Waals surface area contributed by atoms with Crippen LogP contribution < -0.4 is 10.1 Å². The fraction of sp³-hybridized carbons (Fsp3) is 0.333. The van der Waals surface area contributed by atoms with Crippen LogP contribution in [-0.2, 0) is 0 Å². The Labute approximate surface area is 81.3 Å². The number of phenolic OH excluding ortho intramolecular Hbond substituents is 1. The highest BCUT2D eigenvalue weighted by atomic mass is 35.5. The van der Waals surface area contributed by atoms with Crippen molar-refractivity contribution in [1.29, 1.82) is 0 Å². The van der Waals surface area contributed by atoms with E-state index in [0.717, 1.165) is 13.1 Å². The van der Waals surface area contributed by atoms with Crippen LogP contribution in [0.5, 0.6) is 11.5 Å². The van der Waals surface area contributed by atoms with Gasteiger partial charge in [0.25, 0.3) is 0 Å². The standard InChI is InChI=1S/C9H10ClNO2/c10-7-2-1-3-8(12)9(7)13-6-4-11-5-6/h1-3,6,11-12H,4-5H2. The van der Waals surface area contributed by atoms with E-state index >= 15 is 0 Å². The van der Waals surface area contributed by atoms with Gasteiger partial charge in [0.1, 0.15) is 6.10 Å². The lowest BCUT2D eigenvalue weighted by Crippen LogP contribution is -2.50. The van der Waals surface area contributed by atoms with Crippen molar-refractivity contribution in [2.45, 2.75) is 6.10 Å². The Morgan fingerprint density at radius 2 is 2.23 bits per heavy atom. The number of hydrogen-bond acceptors (Lipinski definition) is 3. The van der Waals surface area contributed by atoms with E-state index < -0.39 is 0 Å². The number of benzene rings is 1. The first-order valence-corrected chi connectivity index (χ1v) is 4.50. The molecule has 0 spiro atoms. The summed E-state index contributed by atoms with van der Waals surface area (Å²) in [4.78, 5) is 0. The summed E-state index contributed by atoms with van der Waals surface area (Å²) in [6.45, 7) is 1.62. The van der Waals surface area contributed by atoms with E-state index in [2.05, 4.69) is 5.32 Å². The summed E-state index contributed by atoms with van der Waals surface area (Å²) in [6, 6.07) is 4.94. The molecule has 2 rings (SSSR count). The molecule has 1 aromatic rings. The average Bonchev–Trinajstić information content (AvgIpc) is 2.00. The van der Waals surface area contributed by atoms with Crippen LogP contribution in [0, 0.1) is 0 Å². The topological polar surface area (TPSA) is 41.5 Å². The maximum absolute atomic E-state index is 9.43. The summed E-state index contributed by atoms with van der Waals surface area (Å²) >= 11 is 5.85. The number of halogens is 1. The Hall–Kier alpha value is -0.930. The van der Waals surface area contributed by atoms with Gasteiger partial charge in [-0.25, -0.2) is 0 Å². The third-order valence-corrected chi connectivity index (χ3v) is 2.27. The number of para-hydroxylation sites is 1. The largest absolute Gasteiger partial charge is 0.504 e. The molecule has 1 aromatic carbocycles. The minimum atomic E-state index is 0.0967. The van der Waals surface area contributed by atoms with E-state index in [-0.39, 0.29) is 11.9 Å². The predicted molar refractivity (Wildman–Crippen MR) is 50.4 cm³/mol. The zero-order chi connectivity index (χ0) is 9.26. The molecule has 3 nitrogen and oxygen atoms in total. The fourth-order valence-corrected chi connectivity index (χ4v) is 1.34. The van der Waals surface area contributed by atoms with Crippen molar-refractivity contribution in [3.8, 4) is 11.5 Å². The Kier molecular flexibility index (Phi) is 2.29. The lowest BCUT2D eigenvalue weighted by atomic mass is 10.2. The Morgan fingerprint density at radius 1 is 1.46 bits per heavy atom. The van der Waals surface area contributed by atoms with Crippen molar-refractivity contribution in [2.75, 3.05) is 13.1 Å². The minimum absolute atomic E-state index is 0.0967. The minimum Gasteiger partial charge on any atom is -0.504 e. The van der Waals surface area contributed by atoms with Crippen molar-refractivity contribution >= 4 is 11.6 Å². The molecule has 0 atom stereocenters. The first kappa shape index (κ1) is 8.66. The fourth-order valence-electron chi connectivity index (χ4n) is 1.13. The molecule has 0 radical (unpaired) electrons. The number of ether oxygens (including phenoxy) is 1. The first-order valence-electron chi connectivity index (χ1n) is 4.12. The zero-order valence-electron chi connectivity index (χ0n) is 6.96. The van der Waals surface area contributed by atoms with Crippen molar-refractivity contribution in [2.24, 2.45) is 0 Å². The van der Waals surface area contributed by atoms with Gasteiger partial charge < -0.3 is 15.2 Å². The van der Waals surface area contributed by atoms with Gasteiger partial charge in [0.05, 0.1) is 5.02 Å². The van der Waals surface area contributed by atoms with Crippen LogP contribution in [0.4, 0.5) is 0 Å². The Balaban J connectivity index is 2.17. The monoisotopic (exact) mass is 199 g/mol. The smallest absolute Gasteiger partial charge is 0.180 e. The summed E-state index contributed by atoms with van der Waals surface area (Å²) in [5, 5.41) is 13.0. The summed E-state index contributed by atoms with van der Waals surface area (Å²) in [5.41, 5.74) is 0. The molecule has 1 aliphatic rings. The van der Waals surface area contributed by atoms with E-state index in [9.17, 15) is 5.11 Å². The van der Waals surface area contributed by atoms with Crippen LogP contribution in [0.25, 0.3) is 0 Å². The highest BCUT2D eigenvalue weighted by molar-refractivity contribution is 6.32. The highest BCUT2D eigenvalue weighted by Gasteiger charge is 2.20. The van der Waals surface area contributed by atoms with Crippen LogP contribution in [-0.4, -0.2) is 24.3 Å². The maximum atomic E-state index is 9.43. The zero-order valence-corrected chi connectivity index (χ0v) is 7.71. The molecule has 13 heavy (non-hydrogen) atoms. The Morgan fingerprint density at radius 3 is 2.77 bits per heavy atom. The normalized spacial score (nSPS) is 16.7. The van der Waals surface area contributed by atoms with Crippen molar-refractivity contribution in [1.82, 2.24) is 5.32 Å². The predicted octanol–water partition coefficient (Wildman–Crippen LogP) is 1.40. The third kappa shape index (κ3) is 1.71. The van der Waals surface area contributed by atoms with Crippen LogP contribution in [0.2, 0.25) is 5.02 Å². The van der Waals surface area contributed by atoms with Crippen molar-refractivity contribution in [3.63, 3.8) is 0 Å². The summed E-state index contributed by atoms with van der Waals surface area (Å²) in [5.74, 6) is 0.482. The van der Waals surface area contributed by atoms with E-state index in [1.807, 2.05) is 0 Å². The number of phenols is 1. The van der Waals surface area contributed by atoms with Gasteiger partial charge in [0.2, 0.25) is 0 Å². The number of nitrogens with one attached hydrogen (secondary N) is 1. The molecule has 2 N–H and O–H groups in total. The van der Waals surface area contributed by atoms with Gasteiger partial charge in [-0.1, -0.05) is 17.7 Å². The van der Waals surface area contributed by atoms with Gasteiger partial charge in [-0.2, -0.15) is 0 Å². The molecule has 70 valence electrons. The molecule has 0 amide bonds. The average molecular weight is 200 g/mol. The molecule has 0 aromatic heterocycles. The lowest BCUT2D eigenvalue weighted by Gasteiger charge is -2.28.